The molecule has 0 spiro atoms. The molecule has 16 heteroatoms. The fourth-order valence-corrected chi connectivity index (χ4v) is 1.88. The number of hydrogen-bond acceptors (Lipinski definition) is 7. The first-order valence-corrected chi connectivity index (χ1v) is 7.80. The highest BCUT2D eigenvalue weighted by molar-refractivity contribution is 7.86. The second kappa shape index (κ2) is 7.97. The lowest BCUT2D eigenvalue weighted by Crippen LogP contribution is -2.61. The maximum Gasteiger partial charge on any atom is 0.466 e. The van der Waals surface area contributed by atoms with E-state index in [4.69, 9.17) is 0 Å². The first kappa shape index (κ1) is 25.1. The molecule has 0 aliphatic rings. The van der Waals surface area contributed by atoms with Gasteiger partial charge >= 0.3 is 35.0 Å². The summed E-state index contributed by atoms with van der Waals surface area (Å²) >= 11 is 0. The predicted molar refractivity (Wildman–Crippen MR) is 69.3 cm³/mol. The van der Waals surface area contributed by atoms with E-state index < -0.39 is 58.2 Å². The molecular formula is C11H11F7NO7S-. The molecule has 0 aliphatic heterocycles. The molecule has 0 aromatic carbocycles. The van der Waals surface area contributed by atoms with Crippen molar-refractivity contribution in [3.63, 3.8) is 0 Å². The molecule has 8 nitrogen and oxygen atoms in total. The number of carbonyl (C=O) groups is 2. The number of ether oxygens (including phenoxy) is 2. The number of rotatable bonds is 9. The van der Waals surface area contributed by atoms with E-state index in [2.05, 4.69) is 16.1 Å². The normalized spacial score (nSPS) is 15.6. The minimum atomic E-state index is -6.89. The van der Waals surface area contributed by atoms with Crippen molar-refractivity contribution in [1.82, 2.24) is 5.32 Å². The Morgan fingerprint density at radius 3 is 1.96 bits per heavy atom. The van der Waals surface area contributed by atoms with Crippen LogP contribution in [0.5, 0.6) is 0 Å². The van der Waals surface area contributed by atoms with E-state index in [0.29, 0.717) is 7.05 Å². The zero-order valence-electron chi connectivity index (χ0n) is 13.1. The quantitative estimate of drug-likeness (QED) is 0.188. The van der Waals surface area contributed by atoms with E-state index in [1.165, 1.54) is 5.32 Å². The number of alkyl halides is 7. The number of nitrogens with one attached hydrogen (secondary N) is 1. The van der Waals surface area contributed by atoms with Gasteiger partial charge in [-0.1, -0.05) is 6.58 Å². The molecule has 0 radical (unpaired) electrons. The third-order valence-corrected chi connectivity index (χ3v) is 3.70. The van der Waals surface area contributed by atoms with Gasteiger partial charge in [-0.05, 0) is 0 Å². The topological polar surface area (TPSA) is 122 Å². The van der Waals surface area contributed by atoms with Crippen molar-refractivity contribution in [3.05, 3.63) is 12.7 Å². The second-order valence-electron chi connectivity index (χ2n) is 4.59. The number of amides is 1. The lowest BCUT2D eigenvalue weighted by molar-refractivity contribution is -0.349. The second-order valence-corrected chi connectivity index (χ2v) is 6.01. The molecule has 0 saturated carbocycles. The summed E-state index contributed by atoms with van der Waals surface area (Å²) in [6, 6.07) is 0. The number of esters is 1. The zero-order valence-corrected chi connectivity index (χ0v) is 13.9. The lowest BCUT2D eigenvalue weighted by atomic mass is 10.2. The highest BCUT2D eigenvalue weighted by atomic mass is 32.2. The van der Waals surface area contributed by atoms with Crippen molar-refractivity contribution in [3.8, 4) is 0 Å². The summed E-state index contributed by atoms with van der Waals surface area (Å²) in [6.07, 6.45) is -8.18. The van der Waals surface area contributed by atoms with Crippen LogP contribution in [-0.2, 0) is 29.2 Å². The highest BCUT2D eigenvalue weighted by Gasteiger charge is 2.67. The van der Waals surface area contributed by atoms with Crippen molar-refractivity contribution in [2.24, 2.45) is 0 Å². The Hall–Kier alpha value is -1.94. The maximum absolute atomic E-state index is 13.3. The largest absolute Gasteiger partial charge is 0.743 e. The molecule has 0 aromatic rings. The van der Waals surface area contributed by atoms with Gasteiger partial charge in [0, 0.05) is 19.5 Å². The third kappa shape index (κ3) is 5.07. The Morgan fingerprint density at radius 1 is 1.15 bits per heavy atom. The van der Waals surface area contributed by atoms with Crippen molar-refractivity contribution >= 4 is 22.0 Å². The van der Waals surface area contributed by atoms with E-state index in [9.17, 15) is 53.3 Å². The van der Waals surface area contributed by atoms with Gasteiger partial charge in [0.15, 0.2) is 10.1 Å². The van der Waals surface area contributed by atoms with Crippen LogP contribution in [0.2, 0.25) is 0 Å². The molecule has 158 valence electrons. The van der Waals surface area contributed by atoms with Crippen molar-refractivity contribution in [2.45, 2.75) is 29.6 Å². The molecule has 1 unspecified atom stereocenters. The lowest BCUT2D eigenvalue weighted by Gasteiger charge is -2.33. The van der Waals surface area contributed by atoms with Crippen molar-refractivity contribution in [2.75, 3.05) is 13.7 Å². The SMILES string of the molecule is C=CC(=O)OC(OCCC(F)(F)C(F)(F)S(=O)(=O)[O-])(C(=O)NC)C(F)(F)F. The number of likely N-dealkylation sites (N-methyl/N-ethyl adjacent to an activating group) is 1. The Bertz CT molecular complexity index is 692. The number of halogens is 7. The summed E-state index contributed by atoms with van der Waals surface area (Å²) < 4.78 is 130. The van der Waals surface area contributed by atoms with Gasteiger partial charge in [0.2, 0.25) is 0 Å². The molecule has 1 amide bonds. The summed E-state index contributed by atoms with van der Waals surface area (Å²) in [4.78, 5) is 22.6. The Labute approximate surface area is 147 Å². The summed E-state index contributed by atoms with van der Waals surface area (Å²) in [5.41, 5.74) is 0. The van der Waals surface area contributed by atoms with Gasteiger partial charge in [-0.2, -0.15) is 30.7 Å². The third-order valence-electron chi connectivity index (χ3n) is 2.77. The van der Waals surface area contributed by atoms with E-state index >= 15 is 0 Å². The molecule has 0 heterocycles. The molecule has 0 saturated heterocycles. The van der Waals surface area contributed by atoms with Gasteiger partial charge in [0.25, 0.3) is 0 Å². The minimum Gasteiger partial charge on any atom is -0.743 e. The average molecular weight is 434 g/mol. The summed E-state index contributed by atoms with van der Waals surface area (Å²) in [6.45, 7) is 0.667. The van der Waals surface area contributed by atoms with E-state index in [1.807, 2.05) is 0 Å². The molecule has 0 bridgehead atoms. The van der Waals surface area contributed by atoms with Crippen LogP contribution in [0.4, 0.5) is 30.7 Å². The van der Waals surface area contributed by atoms with Gasteiger partial charge in [-0.15, -0.1) is 0 Å². The van der Waals surface area contributed by atoms with Gasteiger partial charge in [-0.25, -0.2) is 13.2 Å². The van der Waals surface area contributed by atoms with Crippen LogP contribution >= 0.6 is 0 Å². The van der Waals surface area contributed by atoms with Crippen molar-refractivity contribution in [1.29, 1.82) is 0 Å². The maximum atomic E-state index is 13.3. The minimum absolute atomic E-state index is 0.152. The number of hydrogen-bond donors (Lipinski definition) is 1. The van der Waals surface area contributed by atoms with Crippen molar-refractivity contribution < 1.29 is 62.8 Å². The average Bonchev–Trinajstić information content (AvgIpc) is 2.50. The van der Waals surface area contributed by atoms with Crippen LogP contribution in [0.3, 0.4) is 0 Å². The Morgan fingerprint density at radius 2 is 1.63 bits per heavy atom. The molecule has 0 rings (SSSR count). The number of carbonyl (C=O) groups excluding carboxylic acids is 2. The van der Waals surface area contributed by atoms with E-state index in [-0.39, 0.29) is 6.08 Å². The van der Waals surface area contributed by atoms with Gasteiger partial charge < -0.3 is 19.3 Å². The van der Waals surface area contributed by atoms with Gasteiger partial charge in [-0.3, -0.25) is 4.79 Å². The molecule has 1 N–H and O–H groups in total. The first-order valence-electron chi connectivity index (χ1n) is 6.39. The Kier molecular flexibility index (Phi) is 7.40. The van der Waals surface area contributed by atoms with Crippen LogP contribution in [0, 0.1) is 0 Å². The van der Waals surface area contributed by atoms with Crippen LogP contribution in [0.1, 0.15) is 6.42 Å². The van der Waals surface area contributed by atoms with Crippen LogP contribution in [0.25, 0.3) is 0 Å². The van der Waals surface area contributed by atoms with E-state index in [1.54, 1.807) is 0 Å². The van der Waals surface area contributed by atoms with E-state index in [0.717, 1.165) is 0 Å². The summed E-state index contributed by atoms with van der Waals surface area (Å²) in [5.74, 6) is -14.3. The molecule has 0 aromatic heterocycles. The standard InChI is InChI=1S/C11H12F7NO7S/c1-3-6(20)26-9(7(21)19-2,10(14,15)16)25-5-4-8(12,13)11(17,18)27(22,23)24/h3H,1,4-5H2,2H3,(H,19,21)(H,22,23,24)/p-1. The fraction of sp³-hybridized carbons (Fsp3) is 0.636. The first-order chi connectivity index (χ1) is 11.9. The summed E-state index contributed by atoms with van der Waals surface area (Å²) in [5, 5.41) is -4.82. The molecule has 1 atom stereocenters. The van der Waals surface area contributed by atoms with Crippen LogP contribution < -0.4 is 5.32 Å². The zero-order chi connectivity index (χ0) is 21.9. The summed E-state index contributed by atoms with van der Waals surface area (Å²) in [7, 11) is -6.28. The van der Waals surface area contributed by atoms with Crippen LogP contribution in [-0.4, -0.2) is 61.6 Å². The highest BCUT2D eigenvalue weighted by Crippen LogP contribution is 2.42. The molecular weight excluding hydrogens is 423 g/mol. The fourth-order valence-electron chi connectivity index (χ4n) is 1.41. The van der Waals surface area contributed by atoms with Crippen LogP contribution in [0.15, 0.2) is 12.7 Å². The molecule has 27 heavy (non-hydrogen) atoms. The van der Waals surface area contributed by atoms with Gasteiger partial charge in [0.05, 0.1) is 6.61 Å². The smallest absolute Gasteiger partial charge is 0.466 e. The molecule has 0 aliphatic carbocycles. The Balaban J connectivity index is 5.76. The monoisotopic (exact) mass is 434 g/mol. The van der Waals surface area contributed by atoms with Gasteiger partial charge in [0.1, 0.15) is 0 Å². The predicted octanol–water partition coefficient (Wildman–Crippen LogP) is 0.900. The molecule has 0 fully saturated rings.